The summed E-state index contributed by atoms with van der Waals surface area (Å²) in [5.41, 5.74) is 0.221. The summed E-state index contributed by atoms with van der Waals surface area (Å²) in [5, 5.41) is 6.07. The molecule has 0 aliphatic heterocycles. The van der Waals surface area contributed by atoms with E-state index in [1.165, 1.54) is 36.2 Å². The second-order valence-electron chi connectivity index (χ2n) is 4.76. The monoisotopic (exact) mass is 329 g/mol. The molecule has 1 aromatic carbocycles. The fraction of sp³-hybridized carbons (Fsp3) is 0.286. The van der Waals surface area contributed by atoms with Crippen LogP contribution in [0.15, 0.2) is 34.9 Å². The van der Waals surface area contributed by atoms with E-state index >= 15 is 0 Å². The zero-order valence-corrected chi connectivity index (χ0v) is 12.3. The van der Waals surface area contributed by atoms with Crippen LogP contribution in [-0.4, -0.2) is 29.5 Å². The highest BCUT2D eigenvalue weighted by atomic mass is 19.4. The number of urea groups is 1. The van der Waals surface area contributed by atoms with E-state index in [-0.39, 0.29) is 23.7 Å². The van der Waals surface area contributed by atoms with Gasteiger partial charge in [0.1, 0.15) is 11.5 Å². The molecule has 124 valence electrons. The number of rotatable bonds is 4. The van der Waals surface area contributed by atoms with Crippen LogP contribution in [0.4, 0.5) is 23.8 Å². The Labute approximate surface area is 129 Å². The number of halogens is 3. The first-order valence-corrected chi connectivity index (χ1v) is 6.53. The lowest BCUT2D eigenvalue weighted by Gasteiger charge is -2.19. The molecule has 0 bridgehead atoms. The Morgan fingerprint density at radius 1 is 1.39 bits per heavy atom. The molecule has 0 unspecified atom stereocenters. The molecule has 0 atom stereocenters. The minimum Gasteiger partial charge on any atom is -0.405 e. The molecule has 23 heavy (non-hydrogen) atoms. The van der Waals surface area contributed by atoms with Crippen molar-refractivity contribution in [2.24, 2.45) is 0 Å². The standard InChI is InChI=1S/C14H14F3N3O3/c1-9-7-12(19-23-9)18-13(21)20(2)8-10-5-3-4-6-11(10)22-14(15,16)17/h3-7H,8H2,1-2H3,(H,18,19,21). The normalized spacial score (nSPS) is 11.2. The average molecular weight is 329 g/mol. The number of para-hydroxylation sites is 1. The van der Waals surface area contributed by atoms with Crippen molar-refractivity contribution in [3.05, 3.63) is 41.7 Å². The van der Waals surface area contributed by atoms with Crippen molar-refractivity contribution in [1.82, 2.24) is 10.1 Å². The summed E-state index contributed by atoms with van der Waals surface area (Å²) in [6.07, 6.45) is -4.80. The van der Waals surface area contributed by atoms with Gasteiger partial charge in [-0.2, -0.15) is 0 Å². The molecule has 1 N–H and O–H groups in total. The van der Waals surface area contributed by atoms with Gasteiger partial charge in [-0.05, 0) is 13.0 Å². The molecule has 2 aromatic rings. The van der Waals surface area contributed by atoms with Gasteiger partial charge in [0.15, 0.2) is 5.82 Å². The molecular formula is C14H14F3N3O3. The number of nitrogens with zero attached hydrogens (tertiary/aromatic N) is 2. The van der Waals surface area contributed by atoms with Crippen molar-refractivity contribution in [1.29, 1.82) is 0 Å². The van der Waals surface area contributed by atoms with Crippen molar-refractivity contribution < 1.29 is 27.2 Å². The third-order valence-corrected chi connectivity index (χ3v) is 2.82. The quantitative estimate of drug-likeness (QED) is 0.931. The molecule has 0 saturated heterocycles. The molecule has 0 fully saturated rings. The summed E-state index contributed by atoms with van der Waals surface area (Å²) >= 11 is 0. The van der Waals surface area contributed by atoms with Gasteiger partial charge in [-0.3, -0.25) is 5.32 Å². The van der Waals surface area contributed by atoms with E-state index < -0.39 is 12.4 Å². The highest BCUT2D eigenvalue weighted by Crippen LogP contribution is 2.27. The van der Waals surface area contributed by atoms with Gasteiger partial charge in [0.2, 0.25) is 0 Å². The zero-order chi connectivity index (χ0) is 17.0. The maximum absolute atomic E-state index is 12.4. The van der Waals surface area contributed by atoms with Gasteiger partial charge in [-0.15, -0.1) is 13.2 Å². The van der Waals surface area contributed by atoms with Crippen molar-refractivity contribution in [3.63, 3.8) is 0 Å². The highest BCUT2D eigenvalue weighted by molar-refractivity contribution is 5.88. The minimum absolute atomic E-state index is 0.0745. The number of amides is 2. The first-order valence-electron chi connectivity index (χ1n) is 6.53. The summed E-state index contributed by atoms with van der Waals surface area (Å²) in [4.78, 5) is 13.2. The van der Waals surface area contributed by atoms with E-state index in [1.54, 1.807) is 13.0 Å². The van der Waals surface area contributed by atoms with Gasteiger partial charge in [0, 0.05) is 18.7 Å². The highest BCUT2D eigenvalue weighted by Gasteiger charge is 2.32. The Hall–Kier alpha value is -2.71. The van der Waals surface area contributed by atoms with Crippen molar-refractivity contribution in [3.8, 4) is 5.75 Å². The molecule has 0 aliphatic carbocycles. The van der Waals surface area contributed by atoms with E-state index in [0.717, 1.165) is 0 Å². The van der Waals surface area contributed by atoms with E-state index in [0.29, 0.717) is 5.76 Å². The Morgan fingerprint density at radius 3 is 2.70 bits per heavy atom. The van der Waals surface area contributed by atoms with Gasteiger partial charge >= 0.3 is 12.4 Å². The molecule has 9 heteroatoms. The second-order valence-corrected chi connectivity index (χ2v) is 4.76. The number of anilines is 1. The SMILES string of the molecule is Cc1cc(NC(=O)N(C)Cc2ccccc2OC(F)(F)F)no1. The number of aromatic nitrogens is 1. The Bertz CT molecular complexity index is 685. The minimum atomic E-state index is -4.80. The summed E-state index contributed by atoms with van der Waals surface area (Å²) in [6, 6.07) is 6.60. The number of hydrogen-bond acceptors (Lipinski definition) is 4. The van der Waals surface area contributed by atoms with Crippen LogP contribution in [0.2, 0.25) is 0 Å². The van der Waals surface area contributed by atoms with Crippen LogP contribution in [0, 0.1) is 6.92 Å². The first-order chi connectivity index (χ1) is 10.7. The molecule has 0 aliphatic rings. The molecule has 0 saturated carbocycles. The van der Waals surface area contributed by atoms with Crippen LogP contribution >= 0.6 is 0 Å². The molecule has 1 heterocycles. The lowest BCUT2D eigenvalue weighted by atomic mass is 10.2. The van der Waals surface area contributed by atoms with Gasteiger partial charge < -0.3 is 14.2 Å². The van der Waals surface area contributed by atoms with Crippen LogP contribution in [0.1, 0.15) is 11.3 Å². The fourth-order valence-corrected chi connectivity index (χ4v) is 1.82. The number of benzene rings is 1. The lowest BCUT2D eigenvalue weighted by molar-refractivity contribution is -0.274. The predicted octanol–water partition coefficient (Wildman–Crippen LogP) is 3.55. The first kappa shape index (κ1) is 16.7. The Kier molecular flexibility index (Phi) is 4.77. The van der Waals surface area contributed by atoms with Gasteiger partial charge in [-0.25, -0.2) is 4.79 Å². The summed E-state index contributed by atoms with van der Waals surface area (Å²) in [7, 11) is 1.44. The van der Waals surface area contributed by atoms with Crippen molar-refractivity contribution in [2.75, 3.05) is 12.4 Å². The lowest BCUT2D eigenvalue weighted by Crippen LogP contribution is -2.31. The fourth-order valence-electron chi connectivity index (χ4n) is 1.82. The number of carbonyl (C=O) groups excluding carboxylic acids is 1. The van der Waals surface area contributed by atoms with Crippen molar-refractivity contribution in [2.45, 2.75) is 19.8 Å². The third-order valence-electron chi connectivity index (χ3n) is 2.82. The number of nitrogens with one attached hydrogen (secondary N) is 1. The molecule has 1 aromatic heterocycles. The van der Waals surface area contributed by atoms with Crippen LogP contribution in [0.3, 0.4) is 0 Å². The van der Waals surface area contributed by atoms with E-state index in [2.05, 4.69) is 15.2 Å². The van der Waals surface area contributed by atoms with Gasteiger partial charge in [0.05, 0.1) is 6.54 Å². The number of aryl methyl sites for hydroxylation is 1. The van der Waals surface area contributed by atoms with Crippen LogP contribution in [-0.2, 0) is 6.54 Å². The molecule has 2 rings (SSSR count). The smallest absolute Gasteiger partial charge is 0.405 e. The van der Waals surface area contributed by atoms with E-state index in [4.69, 9.17) is 4.52 Å². The molecular weight excluding hydrogens is 315 g/mol. The number of alkyl halides is 3. The van der Waals surface area contributed by atoms with E-state index in [1.807, 2.05) is 0 Å². The Balaban J connectivity index is 2.04. The Morgan fingerprint density at radius 2 is 2.09 bits per heavy atom. The third kappa shape index (κ3) is 4.90. The maximum Gasteiger partial charge on any atom is 0.573 e. The summed E-state index contributed by atoms with van der Waals surface area (Å²) < 4.78 is 45.9. The molecule has 0 spiro atoms. The van der Waals surface area contributed by atoms with Crippen LogP contribution in [0.25, 0.3) is 0 Å². The van der Waals surface area contributed by atoms with Gasteiger partial charge in [-0.1, -0.05) is 23.4 Å². The largest absolute Gasteiger partial charge is 0.573 e. The van der Waals surface area contributed by atoms with Crippen LogP contribution < -0.4 is 10.1 Å². The molecule has 0 radical (unpaired) electrons. The van der Waals surface area contributed by atoms with Gasteiger partial charge in [0.25, 0.3) is 0 Å². The van der Waals surface area contributed by atoms with Crippen LogP contribution in [0.5, 0.6) is 5.75 Å². The number of ether oxygens (including phenoxy) is 1. The molecule has 6 nitrogen and oxygen atoms in total. The maximum atomic E-state index is 12.4. The zero-order valence-electron chi connectivity index (χ0n) is 12.3. The predicted molar refractivity (Wildman–Crippen MR) is 74.9 cm³/mol. The summed E-state index contributed by atoms with van der Waals surface area (Å²) in [6.45, 7) is 1.59. The number of hydrogen-bond donors (Lipinski definition) is 1. The topological polar surface area (TPSA) is 67.6 Å². The molecule has 2 amide bonds. The second kappa shape index (κ2) is 6.59. The van der Waals surface area contributed by atoms with E-state index in [9.17, 15) is 18.0 Å². The van der Waals surface area contributed by atoms with Crippen molar-refractivity contribution >= 4 is 11.8 Å². The summed E-state index contributed by atoms with van der Waals surface area (Å²) in [5.74, 6) is 0.392. The average Bonchev–Trinajstić information content (AvgIpc) is 2.84. The number of carbonyl (C=O) groups is 1.